The van der Waals surface area contributed by atoms with E-state index < -0.39 is 21.9 Å². The molecule has 0 aliphatic carbocycles. The number of anilines is 2. The van der Waals surface area contributed by atoms with Gasteiger partial charge >= 0.3 is 5.97 Å². The van der Waals surface area contributed by atoms with E-state index in [1.54, 1.807) is 45.0 Å². The molecule has 29 heavy (non-hydrogen) atoms. The minimum Gasteiger partial charge on any atom is -0.462 e. The number of nitrogens with one attached hydrogen (secondary N) is 1. The van der Waals surface area contributed by atoms with E-state index in [4.69, 9.17) is 4.74 Å². The van der Waals surface area contributed by atoms with Crippen LogP contribution >= 0.6 is 0 Å². The average molecular weight is 419 g/mol. The highest BCUT2D eigenvalue weighted by atomic mass is 32.2. The second kappa shape index (κ2) is 9.09. The van der Waals surface area contributed by atoms with Crippen molar-refractivity contribution in [2.45, 2.75) is 27.7 Å². The molecule has 0 heterocycles. The van der Waals surface area contributed by atoms with Crippen LogP contribution in [0.15, 0.2) is 36.4 Å². The molecule has 2 rings (SSSR count). The van der Waals surface area contributed by atoms with Crippen LogP contribution in [0, 0.1) is 20.8 Å². The molecule has 8 heteroatoms. The van der Waals surface area contributed by atoms with E-state index in [2.05, 4.69) is 5.32 Å². The van der Waals surface area contributed by atoms with Crippen LogP contribution in [0.4, 0.5) is 11.4 Å². The van der Waals surface area contributed by atoms with Gasteiger partial charge < -0.3 is 10.1 Å². The van der Waals surface area contributed by atoms with E-state index >= 15 is 0 Å². The first-order valence-corrected chi connectivity index (χ1v) is 11.0. The lowest BCUT2D eigenvalue weighted by Gasteiger charge is -2.24. The Balaban J connectivity index is 2.27. The minimum absolute atomic E-state index is 0.244. The van der Waals surface area contributed by atoms with Crippen molar-refractivity contribution in [2.24, 2.45) is 0 Å². The fourth-order valence-electron chi connectivity index (χ4n) is 2.88. The van der Waals surface area contributed by atoms with Gasteiger partial charge in [0, 0.05) is 5.69 Å². The predicted molar refractivity (Wildman–Crippen MR) is 114 cm³/mol. The quantitative estimate of drug-likeness (QED) is 0.697. The van der Waals surface area contributed by atoms with Crippen molar-refractivity contribution in [2.75, 3.05) is 29.0 Å². The number of nitrogens with zero attached hydrogens (tertiary/aromatic N) is 1. The summed E-state index contributed by atoms with van der Waals surface area (Å²) in [7, 11) is -3.68. The number of amides is 1. The van der Waals surface area contributed by atoms with Gasteiger partial charge in [0.05, 0.1) is 24.1 Å². The molecule has 2 aromatic carbocycles. The number of hydrogen-bond donors (Lipinski definition) is 1. The van der Waals surface area contributed by atoms with Crippen molar-refractivity contribution < 1.29 is 22.7 Å². The molecule has 0 fully saturated rings. The Hall–Kier alpha value is -2.87. The number of rotatable bonds is 7. The molecule has 0 aromatic heterocycles. The van der Waals surface area contributed by atoms with Crippen LogP contribution in [-0.4, -0.2) is 39.7 Å². The molecule has 0 aliphatic heterocycles. The third-order valence-corrected chi connectivity index (χ3v) is 5.46. The number of benzene rings is 2. The second-order valence-electron chi connectivity index (χ2n) is 6.86. The molecule has 0 spiro atoms. The van der Waals surface area contributed by atoms with Gasteiger partial charge in [-0.3, -0.25) is 9.10 Å². The summed E-state index contributed by atoms with van der Waals surface area (Å²) in [5, 5.41) is 2.70. The van der Waals surface area contributed by atoms with Gasteiger partial charge in [-0.25, -0.2) is 13.2 Å². The van der Waals surface area contributed by atoms with Gasteiger partial charge in [0.1, 0.15) is 6.54 Å². The summed E-state index contributed by atoms with van der Waals surface area (Å²) < 4.78 is 30.7. The standard InChI is InChI=1S/C21H26N2O5S/c1-6-28-21(25)17-9-8-15(3)18(12-17)22-20(24)13-23(29(5,26)27)19-10-7-14(2)11-16(19)4/h7-12H,6,13H2,1-5H3,(H,22,24). The molecule has 0 aliphatic rings. The normalized spacial score (nSPS) is 11.1. The van der Waals surface area contributed by atoms with Crippen molar-refractivity contribution in [1.29, 1.82) is 0 Å². The molecule has 0 bridgehead atoms. The van der Waals surface area contributed by atoms with Gasteiger partial charge in [-0.05, 0) is 57.0 Å². The van der Waals surface area contributed by atoms with Crippen molar-refractivity contribution >= 4 is 33.3 Å². The molecule has 0 saturated carbocycles. The van der Waals surface area contributed by atoms with E-state index in [1.165, 1.54) is 6.07 Å². The first-order valence-electron chi connectivity index (χ1n) is 9.15. The Morgan fingerprint density at radius 3 is 2.31 bits per heavy atom. The van der Waals surface area contributed by atoms with Crippen LogP contribution in [0.2, 0.25) is 0 Å². The molecule has 0 atom stereocenters. The zero-order valence-electron chi connectivity index (χ0n) is 17.3. The highest BCUT2D eigenvalue weighted by Crippen LogP contribution is 2.24. The lowest BCUT2D eigenvalue weighted by molar-refractivity contribution is -0.114. The van der Waals surface area contributed by atoms with E-state index in [9.17, 15) is 18.0 Å². The molecule has 0 radical (unpaired) electrons. The van der Waals surface area contributed by atoms with Crippen LogP contribution < -0.4 is 9.62 Å². The summed E-state index contributed by atoms with van der Waals surface area (Å²) in [6.07, 6.45) is 1.06. The van der Waals surface area contributed by atoms with Crippen LogP contribution in [0.25, 0.3) is 0 Å². The van der Waals surface area contributed by atoms with Gasteiger partial charge in [-0.1, -0.05) is 23.8 Å². The van der Waals surface area contributed by atoms with E-state index in [0.29, 0.717) is 16.9 Å². The summed E-state index contributed by atoms with van der Waals surface area (Å²) in [6, 6.07) is 10.2. The average Bonchev–Trinajstić information content (AvgIpc) is 2.61. The number of carbonyl (C=O) groups is 2. The lowest BCUT2D eigenvalue weighted by atomic mass is 10.1. The van der Waals surface area contributed by atoms with Crippen LogP contribution in [-0.2, 0) is 19.6 Å². The number of esters is 1. The molecule has 1 N–H and O–H groups in total. The fourth-order valence-corrected chi connectivity index (χ4v) is 3.80. The number of sulfonamides is 1. The maximum atomic E-state index is 12.6. The number of aryl methyl sites for hydroxylation is 3. The van der Waals surface area contributed by atoms with Gasteiger partial charge in [-0.15, -0.1) is 0 Å². The zero-order chi connectivity index (χ0) is 21.8. The number of ether oxygens (including phenoxy) is 1. The Labute approximate surface area is 171 Å². The van der Waals surface area contributed by atoms with Crippen molar-refractivity contribution in [3.05, 3.63) is 58.7 Å². The Morgan fingerprint density at radius 1 is 1.03 bits per heavy atom. The van der Waals surface area contributed by atoms with E-state index in [0.717, 1.165) is 27.3 Å². The van der Waals surface area contributed by atoms with Crippen molar-refractivity contribution in [3.8, 4) is 0 Å². The highest BCUT2D eigenvalue weighted by molar-refractivity contribution is 7.92. The fraction of sp³-hybridized carbons (Fsp3) is 0.333. The first kappa shape index (κ1) is 22.4. The molecule has 0 saturated heterocycles. The maximum absolute atomic E-state index is 12.6. The predicted octanol–water partition coefficient (Wildman–Crippen LogP) is 3.19. The molecule has 156 valence electrons. The summed E-state index contributed by atoms with van der Waals surface area (Å²) in [4.78, 5) is 24.6. The van der Waals surface area contributed by atoms with Crippen molar-refractivity contribution in [3.63, 3.8) is 0 Å². The third-order valence-electron chi connectivity index (χ3n) is 4.33. The van der Waals surface area contributed by atoms with Gasteiger partial charge in [0.15, 0.2) is 0 Å². The van der Waals surface area contributed by atoms with E-state index in [1.807, 2.05) is 13.0 Å². The number of hydrogen-bond acceptors (Lipinski definition) is 5. The minimum atomic E-state index is -3.68. The Kier molecular flexibility index (Phi) is 7.02. The molecule has 7 nitrogen and oxygen atoms in total. The summed E-state index contributed by atoms with van der Waals surface area (Å²) in [5.41, 5.74) is 3.67. The van der Waals surface area contributed by atoms with Gasteiger partial charge in [-0.2, -0.15) is 0 Å². The summed E-state index contributed by atoms with van der Waals surface area (Å²) in [6.45, 7) is 7.06. The SMILES string of the molecule is CCOC(=O)c1ccc(C)c(NC(=O)CN(c2ccc(C)cc2C)S(C)(=O)=O)c1. The Bertz CT molecular complexity index is 1030. The largest absolute Gasteiger partial charge is 0.462 e. The maximum Gasteiger partial charge on any atom is 0.338 e. The van der Waals surface area contributed by atoms with Crippen molar-refractivity contribution in [1.82, 2.24) is 0 Å². The smallest absolute Gasteiger partial charge is 0.338 e. The van der Waals surface area contributed by atoms with Crippen LogP contribution in [0.1, 0.15) is 34.0 Å². The monoisotopic (exact) mass is 418 g/mol. The third kappa shape index (κ3) is 5.80. The molecule has 1 amide bonds. The van der Waals surface area contributed by atoms with Gasteiger partial charge in [0.2, 0.25) is 15.9 Å². The molecular formula is C21H26N2O5S. The van der Waals surface area contributed by atoms with Gasteiger partial charge in [0.25, 0.3) is 0 Å². The van der Waals surface area contributed by atoms with Crippen LogP contribution in [0.5, 0.6) is 0 Å². The second-order valence-corrected chi connectivity index (χ2v) is 8.76. The zero-order valence-corrected chi connectivity index (χ0v) is 18.1. The Morgan fingerprint density at radius 2 is 1.72 bits per heavy atom. The summed E-state index contributed by atoms with van der Waals surface area (Å²) >= 11 is 0. The number of carbonyl (C=O) groups excluding carboxylic acids is 2. The lowest BCUT2D eigenvalue weighted by Crippen LogP contribution is -2.38. The first-order chi connectivity index (χ1) is 13.5. The molecular weight excluding hydrogens is 392 g/mol. The summed E-state index contributed by atoms with van der Waals surface area (Å²) in [5.74, 6) is -1.00. The topological polar surface area (TPSA) is 92.8 Å². The molecule has 0 unspecified atom stereocenters. The molecule has 2 aromatic rings. The van der Waals surface area contributed by atoms with E-state index in [-0.39, 0.29) is 13.2 Å². The highest BCUT2D eigenvalue weighted by Gasteiger charge is 2.23. The van der Waals surface area contributed by atoms with Crippen LogP contribution in [0.3, 0.4) is 0 Å².